The molecule has 2 atom stereocenters. The molecular weight excluding hydrogens is 727 g/mol. The summed E-state index contributed by atoms with van der Waals surface area (Å²) in [6.07, 6.45) is 48.7. The number of nitrogens with zero attached hydrogens (tertiary/aromatic N) is 1. The first-order chi connectivity index (χ1) is 28.1. The third-order valence-electron chi connectivity index (χ3n) is 10.6. The first kappa shape index (κ1) is 55.3. The number of esters is 2. The van der Waals surface area contributed by atoms with Gasteiger partial charge in [-0.2, -0.15) is 0 Å². The quantitative estimate of drug-likeness (QED) is 0.0283. The van der Waals surface area contributed by atoms with Crippen molar-refractivity contribution in [3.8, 4) is 0 Å². The minimum Gasteiger partial charge on any atom is -0.477 e. The number of carboxylic acids is 1. The van der Waals surface area contributed by atoms with Gasteiger partial charge in [0.15, 0.2) is 12.1 Å². The molecule has 336 valence electrons. The summed E-state index contributed by atoms with van der Waals surface area (Å²) in [4.78, 5) is 37.0. The van der Waals surface area contributed by atoms with Crippen LogP contribution in [0.5, 0.6) is 0 Å². The Kier molecular flexibility index (Phi) is 39.1. The van der Waals surface area contributed by atoms with Gasteiger partial charge >= 0.3 is 17.9 Å². The number of quaternary nitrogens is 1. The van der Waals surface area contributed by atoms with E-state index in [4.69, 9.17) is 14.2 Å². The van der Waals surface area contributed by atoms with Gasteiger partial charge in [0, 0.05) is 19.3 Å². The highest BCUT2D eigenvalue weighted by atomic mass is 16.6. The molecular formula is C50H90NO7+. The van der Waals surface area contributed by atoms with E-state index in [1.54, 1.807) is 0 Å². The van der Waals surface area contributed by atoms with Crippen molar-refractivity contribution in [2.45, 2.75) is 212 Å². The summed E-state index contributed by atoms with van der Waals surface area (Å²) >= 11 is 0. The van der Waals surface area contributed by atoms with E-state index in [2.05, 4.69) is 38.2 Å². The molecule has 0 heterocycles. The van der Waals surface area contributed by atoms with Gasteiger partial charge in [-0.3, -0.25) is 9.59 Å². The number of carbonyl (C=O) groups is 3. The molecule has 0 aromatic heterocycles. The Morgan fingerprint density at radius 3 is 1.43 bits per heavy atom. The molecule has 58 heavy (non-hydrogen) atoms. The number of allylic oxidation sites excluding steroid dienone is 8. The molecule has 2 unspecified atom stereocenters. The van der Waals surface area contributed by atoms with Crippen molar-refractivity contribution in [2.24, 2.45) is 0 Å². The number of likely N-dealkylation sites (N-methyl/N-ethyl adjacent to an activating group) is 1. The molecule has 0 amide bonds. The number of unbranched alkanes of at least 4 members (excludes halogenated alkanes) is 23. The SMILES string of the molecule is CC/C=C/C=C/C=C/C=C/CCCCCCCC(=O)OCC(COCCC(C(=O)O)[N+](C)(C)C)OC(=O)CCCCCCCCCCCCCCCCCCCCC. The van der Waals surface area contributed by atoms with Crippen molar-refractivity contribution in [1.82, 2.24) is 0 Å². The average molecular weight is 817 g/mol. The van der Waals surface area contributed by atoms with Crippen molar-refractivity contribution in [2.75, 3.05) is 41.0 Å². The van der Waals surface area contributed by atoms with Gasteiger partial charge < -0.3 is 23.8 Å². The van der Waals surface area contributed by atoms with Gasteiger partial charge in [0.05, 0.1) is 34.4 Å². The Morgan fingerprint density at radius 1 is 0.534 bits per heavy atom. The Labute approximate surface area is 356 Å². The molecule has 0 aliphatic heterocycles. The Balaban J connectivity index is 4.30. The first-order valence-electron chi connectivity index (χ1n) is 23.7. The normalized spacial score (nSPS) is 13.3. The third-order valence-corrected chi connectivity index (χ3v) is 10.6. The van der Waals surface area contributed by atoms with Crippen LogP contribution in [0.3, 0.4) is 0 Å². The van der Waals surface area contributed by atoms with E-state index in [0.717, 1.165) is 64.2 Å². The predicted octanol–water partition coefficient (Wildman–Crippen LogP) is 13.2. The van der Waals surface area contributed by atoms with Crippen LogP contribution in [0.1, 0.15) is 200 Å². The smallest absolute Gasteiger partial charge is 0.362 e. The summed E-state index contributed by atoms with van der Waals surface area (Å²) in [5, 5.41) is 9.63. The number of hydrogen-bond acceptors (Lipinski definition) is 6. The second kappa shape index (κ2) is 41.0. The van der Waals surface area contributed by atoms with Crippen LogP contribution in [0.25, 0.3) is 0 Å². The average Bonchev–Trinajstić information content (AvgIpc) is 3.18. The second-order valence-corrected chi connectivity index (χ2v) is 17.1. The fourth-order valence-electron chi connectivity index (χ4n) is 6.93. The van der Waals surface area contributed by atoms with Gasteiger partial charge in [-0.05, 0) is 32.1 Å². The number of carbonyl (C=O) groups excluding carboxylic acids is 2. The molecule has 0 aromatic carbocycles. The van der Waals surface area contributed by atoms with Crippen LogP contribution in [0.15, 0.2) is 48.6 Å². The number of hydrogen-bond donors (Lipinski definition) is 1. The van der Waals surface area contributed by atoms with Crippen LogP contribution >= 0.6 is 0 Å². The first-order valence-corrected chi connectivity index (χ1v) is 23.7. The topological polar surface area (TPSA) is 99.1 Å². The van der Waals surface area contributed by atoms with E-state index in [-0.39, 0.29) is 36.2 Å². The molecule has 0 spiro atoms. The maximum absolute atomic E-state index is 12.8. The Bertz CT molecular complexity index is 1090. The minimum atomic E-state index is -0.878. The van der Waals surface area contributed by atoms with Gasteiger partial charge in [0.25, 0.3) is 0 Å². The molecule has 8 heteroatoms. The Hall–Kier alpha value is -2.71. The van der Waals surface area contributed by atoms with Gasteiger partial charge in [-0.1, -0.05) is 197 Å². The summed E-state index contributed by atoms with van der Waals surface area (Å²) < 4.78 is 17.3. The maximum atomic E-state index is 12.8. The van der Waals surface area contributed by atoms with Crippen LogP contribution in [0, 0.1) is 0 Å². The molecule has 0 aromatic rings. The van der Waals surface area contributed by atoms with E-state index in [1.165, 1.54) is 103 Å². The lowest BCUT2D eigenvalue weighted by molar-refractivity contribution is -0.887. The van der Waals surface area contributed by atoms with Crippen molar-refractivity contribution in [3.05, 3.63) is 48.6 Å². The number of ether oxygens (including phenoxy) is 3. The highest BCUT2D eigenvalue weighted by molar-refractivity contribution is 5.72. The van der Waals surface area contributed by atoms with E-state index in [0.29, 0.717) is 19.3 Å². The van der Waals surface area contributed by atoms with E-state index in [1.807, 2.05) is 45.4 Å². The van der Waals surface area contributed by atoms with Crippen molar-refractivity contribution in [3.63, 3.8) is 0 Å². The third kappa shape index (κ3) is 38.8. The molecule has 0 aliphatic carbocycles. The zero-order valence-corrected chi connectivity index (χ0v) is 38.2. The van der Waals surface area contributed by atoms with Crippen LogP contribution in [0.4, 0.5) is 0 Å². The lowest BCUT2D eigenvalue weighted by atomic mass is 10.0. The summed E-state index contributed by atoms with van der Waals surface area (Å²) in [6.45, 7) is 4.59. The minimum absolute atomic E-state index is 0.0545. The highest BCUT2D eigenvalue weighted by Crippen LogP contribution is 2.16. The van der Waals surface area contributed by atoms with Gasteiger partial charge in [-0.25, -0.2) is 4.79 Å². The lowest BCUT2D eigenvalue weighted by Crippen LogP contribution is -2.50. The summed E-state index contributed by atoms with van der Waals surface area (Å²) in [6, 6.07) is -0.618. The van der Waals surface area contributed by atoms with Gasteiger partial charge in [0.2, 0.25) is 0 Å². The largest absolute Gasteiger partial charge is 0.477 e. The van der Waals surface area contributed by atoms with Crippen LogP contribution in [-0.4, -0.2) is 80.6 Å². The monoisotopic (exact) mass is 817 g/mol. The van der Waals surface area contributed by atoms with Crippen molar-refractivity contribution in [1.29, 1.82) is 0 Å². The fraction of sp³-hybridized carbons (Fsp3) is 0.780. The van der Waals surface area contributed by atoms with Crippen LogP contribution < -0.4 is 0 Å². The Morgan fingerprint density at radius 2 is 0.966 bits per heavy atom. The van der Waals surface area contributed by atoms with Crippen molar-refractivity contribution >= 4 is 17.9 Å². The molecule has 0 bridgehead atoms. The molecule has 8 nitrogen and oxygen atoms in total. The summed E-state index contributed by atoms with van der Waals surface area (Å²) in [5.74, 6) is -1.49. The highest BCUT2D eigenvalue weighted by Gasteiger charge is 2.31. The molecule has 0 rings (SSSR count). The van der Waals surface area contributed by atoms with Crippen LogP contribution in [0.2, 0.25) is 0 Å². The molecule has 0 saturated carbocycles. The molecule has 1 N–H and O–H groups in total. The van der Waals surface area contributed by atoms with Crippen LogP contribution in [-0.2, 0) is 28.6 Å². The fourth-order valence-corrected chi connectivity index (χ4v) is 6.93. The second-order valence-electron chi connectivity index (χ2n) is 17.1. The summed E-state index contributed by atoms with van der Waals surface area (Å²) in [7, 11) is 5.52. The van der Waals surface area contributed by atoms with Gasteiger partial charge in [-0.15, -0.1) is 0 Å². The lowest BCUT2D eigenvalue weighted by Gasteiger charge is -2.31. The van der Waals surface area contributed by atoms with E-state index in [9.17, 15) is 19.5 Å². The number of carboxylic acid groups (broad SMARTS) is 1. The summed E-state index contributed by atoms with van der Waals surface area (Å²) in [5.41, 5.74) is 0. The zero-order chi connectivity index (χ0) is 42.8. The zero-order valence-electron chi connectivity index (χ0n) is 38.2. The predicted molar refractivity (Wildman–Crippen MR) is 243 cm³/mol. The molecule has 0 saturated heterocycles. The number of rotatable bonds is 42. The van der Waals surface area contributed by atoms with Gasteiger partial charge in [0.1, 0.15) is 6.61 Å². The molecule has 0 fully saturated rings. The molecule has 0 aliphatic rings. The molecule has 0 radical (unpaired) electrons. The van der Waals surface area contributed by atoms with Crippen molar-refractivity contribution < 1.29 is 38.2 Å². The standard InChI is InChI=1S/C50H89NO7/c1-6-8-10-12-14-16-18-20-22-23-24-25-27-29-31-33-35-37-39-41-49(53)58-46(44-56-43-42-47(50(54)55)51(3,4)5)45-57-48(52)40-38-36-34-32-30-28-26-21-19-17-15-13-11-9-7-2/h9,11,13,15,17,19,21,26,46-47H,6-8,10,12,14,16,18,20,22-25,27-45H2,1-5H3/p+1/b11-9+,15-13+,19-17+,26-21+. The van der Waals surface area contributed by atoms with E-state index < -0.39 is 18.1 Å². The van der Waals surface area contributed by atoms with E-state index >= 15 is 0 Å². The maximum Gasteiger partial charge on any atom is 0.362 e. The number of aliphatic carboxylic acids is 1.